The van der Waals surface area contributed by atoms with Crippen LogP contribution in [0.25, 0.3) is 0 Å². The average molecular weight is 333 g/mol. The van der Waals surface area contributed by atoms with E-state index in [2.05, 4.69) is 19.2 Å². The van der Waals surface area contributed by atoms with Gasteiger partial charge in [-0.25, -0.2) is 13.2 Å². The van der Waals surface area contributed by atoms with E-state index in [9.17, 15) is 13.2 Å². The molecule has 130 valence electrons. The summed E-state index contributed by atoms with van der Waals surface area (Å²) < 4.78 is 23.5. The number of hydrogen-bond donors (Lipinski definition) is 1. The molecule has 1 aliphatic rings. The lowest BCUT2D eigenvalue weighted by Gasteiger charge is -2.36. The zero-order valence-electron chi connectivity index (χ0n) is 14.6. The van der Waals surface area contributed by atoms with E-state index in [-0.39, 0.29) is 29.6 Å². The summed E-state index contributed by atoms with van der Waals surface area (Å²) in [7, 11) is -3.08. The number of rotatable bonds is 6. The van der Waals surface area contributed by atoms with E-state index in [0.717, 1.165) is 25.2 Å². The first-order valence-electron chi connectivity index (χ1n) is 8.47. The Labute approximate surface area is 135 Å². The van der Waals surface area contributed by atoms with Gasteiger partial charge in [0.15, 0.2) is 9.84 Å². The van der Waals surface area contributed by atoms with Crippen molar-refractivity contribution in [2.24, 2.45) is 11.8 Å². The fourth-order valence-corrected chi connectivity index (χ4v) is 4.50. The predicted octanol–water partition coefficient (Wildman–Crippen LogP) is 2.67. The second-order valence-electron chi connectivity index (χ2n) is 6.79. The van der Waals surface area contributed by atoms with Crippen molar-refractivity contribution in [3.8, 4) is 0 Å². The highest BCUT2D eigenvalue weighted by atomic mass is 32.2. The summed E-state index contributed by atoms with van der Waals surface area (Å²) in [6, 6.07) is -0.229. The Balaban J connectivity index is 2.64. The van der Waals surface area contributed by atoms with Crippen molar-refractivity contribution in [1.82, 2.24) is 10.2 Å². The molecule has 0 bridgehead atoms. The highest BCUT2D eigenvalue weighted by molar-refractivity contribution is 7.91. The largest absolute Gasteiger partial charge is 0.335 e. The Morgan fingerprint density at radius 2 is 1.91 bits per heavy atom. The minimum Gasteiger partial charge on any atom is -0.335 e. The molecule has 1 N–H and O–H groups in total. The molecule has 0 aliphatic heterocycles. The van der Waals surface area contributed by atoms with Crippen molar-refractivity contribution < 1.29 is 13.2 Å². The molecule has 1 saturated carbocycles. The van der Waals surface area contributed by atoms with Gasteiger partial charge in [-0.15, -0.1) is 0 Å². The molecule has 0 aromatic carbocycles. The van der Waals surface area contributed by atoms with Crippen LogP contribution in [0.15, 0.2) is 0 Å². The van der Waals surface area contributed by atoms with Crippen LogP contribution in [0.2, 0.25) is 0 Å². The van der Waals surface area contributed by atoms with Gasteiger partial charge < -0.3 is 10.2 Å². The number of carbonyl (C=O) groups excluding carboxylic acids is 1. The highest BCUT2D eigenvalue weighted by Crippen LogP contribution is 2.28. The maximum atomic E-state index is 12.5. The number of urea groups is 1. The van der Waals surface area contributed by atoms with Crippen molar-refractivity contribution >= 4 is 15.9 Å². The lowest BCUT2D eigenvalue weighted by atomic mass is 9.80. The van der Waals surface area contributed by atoms with Crippen molar-refractivity contribution in [3.63, 3.8) is 0 Å². The van der Waals surface area contributed by atoms with Crippen LogP contribution in [-0.2, 0) is 9.84 Å². The lowest BCUT2D eigenvalue weighted by molar-refractivity contribution is 0.166. The Morgan fingerprint density at radius 3 is 2.41 bits per heavy atom. The van der Waals surface area contributed by atoms with E-state index in [4.69, 9.17) is 0 Å². The number of carbonyl (C=O) groups is 1. The zero-order chi connectivity index (χ0) is 16.9. The molecule has 1 fully saturated rings. The molecule has 1 rings (SSSR count). The number of hydrogen-bond acceptors (Lipinski definition) is 3. The zero-order valence-corrected chi connectivity index (χ0v) is 15.4. The minimum absolute atomic E-state index is 0.0298. The lowest BCUT2D eigenvalue weighted by Crippen LogP contribution is -2.52. The van der Waals surface area contributed by atoms with Crippen LogP contribution in [0.5, 0.6) is 0 Å². The fraction of sp³-hybridized carbons (Fsp3) is 0.938. The van der Waals surface area contributed by atoms with Gasteiger partial charge in [-0.3, -0.25) is 0 Å². The summed E-state index contributed by atoms with van der Waals surface area (Å²) in [5.74, 6) is 1.34. The summed E-state index contributed by atoms with van der Waals surface area (Å²) in [5, 5.41) is 3.12. The molecule has 1 aliphatic carbocycles. The number of nitrogens with one attached hydrogen (secondary N) is 1. The summed E-state index contributed by atoms with van der Waals surface area (Å²) >= 11 is 0. The molecule has 2 amide bonds. The van der Waals surface area contributed by atoms with Crippen LogP contribution >= 0.6 is 0 Å². The van der Waals surface area contributed by atoms with Crippen molar-refractivity contribution in [2.45, 2.75) is 66.0 Å². The summed E-state index contributed by atoms with van der Waals surface area (Å²) in [4.78, 5) is 14.1. The van der Waals surface area contributed by atoms with Gasteiger partial charge in [0.2, 0.25) is 0 Å². The quantitative estimate of drug-likeness (QED) is 0.813. The molecule has 5 nitrogen and oxygen atoms in total. The average Bonchev–Trinajstić information content (AvgIpc) is 2.42. The van der Waals surface area contributed by atoms with Crippen LogP contribution in [0.1, 0.15) is 53.9 Å². The van der Waals surface area contributed by atoms with E-state index < -0.39 is 9.84 Å². The molecule has 4 atom stereocenters. The third-order valence-corrected chi connectivity index (χ3v) is 6.68. The van der Waals surface area contributed by atoms with E-state index in [0.29, 0.717) is 12.5 Å². The summed E-state index contributed by atoms with van der Waals surface area (Å²) in [6.07, 6.45) is 3.28. The SMILES string of the molecule is CCN(C(=O)N[C@@H]1CC[C@H](C)C[C@@H]1C)[C@@H](C)CS(=O)(=O)CC. The number of nitrogens with zero attached hydrogens (tertiary/aromatic N) is 1. The molecule has 0 spiro atoms. The van der Waals surface area contributed by atoms with Gasteiger partial charge in [0, 0.05) is 24.4 Å². The third-order valence-electron chi connectivity index (χ3n) is 4.81. The second kappa shape index (κ2) is 8.18. The van der Waals surface area contributed by atoms with Gasteiger partial charge in [-0.05, 0) is 44.9 Å². The van der Waals surface area contributed by atoms with Crippen molar-refractivity contribution in [3.05, 3.63) is 0 Å². The first-order valence-corrected chi connectivity index (χ1v) is 10.3. The summed E-state index contributed by atoms with van der Waals surface area (Å²) in [6.45, 7) is 10.3. The van der Waals surface area contributed by atoms with E-state index >= 15 is 0 Å². The van der Waals surface area contributed by atoms with E-state index in [1.54, 1.807) is 11.8 Å². The Kier molecular flexibility index (Phi) is 7.16. The van der Waals surface area contributed by atoms with Crippen LogP contribution in [0, 0.1) is 11.8 Å². The molecule has 22 heavy (non-hydrogen) atoms. The van der Waals surface area contributed by atoms with Crippen molar-refractivity contribution in [1.29, 1.82) is 0 Å². The van der Waals surface area contributed by atoms with Gasteiger partial charge in [-0.1, -0.05) is 20.8 Å². The number of sulfone groups is 1. The number of amides is 2. The maximum Gasteiger partial charge on any atom is 0.317 e. The molecule has 0 aromatic heterocycles. The fourth-order valence-electron chi connectivity index (χ4n) is 3.35. The molecule has 0 saturated heterocycles. The third kappa shape index (κ3) is 5.45. The topological polar surface area (TPSA) is 66.5 Å². The van der Waals surface area contributed by atoms with E-state index in [1.165, 1.54) is 0 Å². The minimum atomic E-state index is -3.08. The van der Waals surface area contributed by atoms with Gasteiger partial charge >= 0.3 is 6.03 Å². The van der Waals surface area contributed by atoms with Gasteiger partial charge in [-0.2, -0.15) is 0 Å². The Morgan fingerprint density at radius 1 is 1.27 bits per heavy atom. The summed E-state index contributed by atoms with van der Waals surface area (Å²) in [5.41, 5.74) is 0. The molecular weight excluding hydrogens is 300 g/mol. The second-order valence-corrected chi connectivity index (χ2v) is 9.18. The first kappa shape index (κ1) is 19.3. The van der Waals surface area contributed by atoms with Crippen molar-refractivity contribution in [2.75, 3.05) is 18.1 Å². The predicted molar refractivity (Wildman–Crippen MR) is 90.7 cm³/mol. The molecule has 0 unspecified atom stereocenters. The van der Waals surface area contributed by atoms with E-state index in [1.807, 2.05) is 13.8 Å². The van der Waals surface area contributed by atoms with Crippen LogP contribution < -0.4 is 5.32 Å². The first-order chi connectivity index (χ1) is 10.2. The maximum absolute atomic E-state index is 12.5. The molecule has 0 aromatic rings. The van der Waals surface area contributed by atoms with Gasteiger partial charge in [0.1, 0.15) is 0 Å². The molecule has 6 heteroatoms. The smallest absolute Gasteiger partial charge is 0.317 e. The van der Waals surface area contributed by atoms with Crippen LogP contribution in [0.3, 0.4) is 0 Å². The molecular formula is C16H32N2O3S. The normalized spacial score (nSPS) is 27.2. The Bertz CT molecular complexity index is 464. The monoisotopic (exact) mass is 332 g/mol. The standard InChI is InChI=1S/C16H32N2O3S/c1-6-18(14(5)11-22(20,21)7-2)16(19)17-15-9-8-12(3)10-13(15)4/h12-15H,6-11H2,1-5H3,(H,17,19)/t12-,13-,14-,15+/m0/s1. The Hall–Kier alpha value is -0.780. The molecule has 0 heterocycles. The molecule has 0 radical (unpaired) electrons. The highest BCUT2D eigenvalue weighted by Gasteiger charge is 2.29. The van der Waals surface area contributed by atoms with Gasteiger partial charge in [0.25, 0.3) is 0 Å². The van der Waals surface area contributed by atoms with Crippen LogP contribution in [0.4, 0.5) is 4.79 Å². The van der Waals surface area contributed by atoms with Crippen LogP contribution in [-0.4, -0.2) is 49.5 Å². The van der Waals surface area contributed by atoms with Gasteiger partial charge in [0.05, 0.1) is 5.75 Å².